The number of carboxylic acids is 1. The van der Waals surface area contributed by atoms with Gasteiger partial charge < -0.3 is 20.3 Å². The number of anilines is 1. The summed E-state index contributed by atoms with van der Waals surface area (Å²) in [5.41, 5.74) is 5.22. The molecular weight excluding hydrogens is 226 g/mol. The van der Waals surface area contributed by atoms with Gasteiger partial charge in [-0.1, -0.05) is 5.16 Å². The summed E-state index contributed by atoms with van der Waals surface area (Å²) in [4.78, 5) is 24.3. The summed E-state index contributed by atoms with van der Waals surface area (Å²) in [6.07, 6.45) is 2.98. The van der Waals surface area contributed by atoms with Crippen molar-refractivity contribution in [2.75, 3.05) is 18.8 Å². The van der Waals surface area contributed by atoms with Gasteiger partial charge in [0.2, 0.25) is 0 Å². The molecule has 7 nitrogen and oxygen atoms in total. The van der Waals surface area contributed by atoms with Crippen LogP contribution in [0.5, 0.6) is 0 Å². The van der Waals surface area contributed by atoms with Crippen molar-refractivity contribution < 1.29 is 19.2 Å². The molecule has 7 heteroatoms. The molecule has 2 rings (SSSR count). The van der Waals surface area contributed by atoms with Gasteiger partial charge in [0.05, 0.1) is 0 Å². The van der Waals surface area contributed by atoms with E-state index < -0.39 is 11.7 Å². The van der Waals surface area contributed by atoms with Crippen molar-refractivity contribution in [3.05, 3.63) is 11.5 Å². The summed E-state index contributed by atoms with van der Waals surface area (Å²) in [5.74, 6) is -2.17. The number of rotatable bonds is 2. The lowest BCUT2D eigenvalue weighted by Gasteiger charge is -2.25. The smallest absolute Gasteiger partial charge is 0.376 e. The summed E-state index contributed by atoms with van der Waals surface area (Å²) in [5, 5.41) is 12.2. The number of aromatic carboxylic acids is 1. The number of carboxylic acid groups (broad SMARTS) is 1. The SMILES string of the molecule is Nc1c(C(=O)N2CCCCC2)noc1C(=O)O. The van der Waals surface area contributed by atoms with E-state index in [1.807, 2.05) is 0 Å². The van der Waals surface area contributed by atoms with E-state index in [9.17, 15) is 9.59 Å². The fourth-order valence-corrected chi connectivity index (χ4v) is 1.85. The molecule has 0 saturated carbocycles. The molecule has 0 radical (unpaired) electrons. The van der Waals surface area contributed by atoms with E-state index in [4.69, 9.17) is 10.8 Å². The van der Waals surface area contributed by atoms with Crippen LogP contribution in [0.4, 0.5) is 5.69 Å². The Morgan fingerprint density at radius 2 is 1.94 bits per heavy atom. The molecule has 1 aromatic heterocycles. The molecule has 0 aliphatic carbocycles. The minimum absolute atomic E-state index is 0.107. The molecule has 1 fully saturated rings. The maximum Gasteiger partial charge on any atom is 0.376 e. The molecule has 17 heavy (non-hydrogen) atoms. The van der Waals surface area contributed by atoms with E-state index in [0.717, 1.165) is 19.3 Å². The number of aromatic nitrogens is 1. The summed E-state index contributed by atoms with van der Waals surface area (Å²) >= 11 is 0. The molecule has 0 spiro atoms. The average molecular weight is 239 g/mol. The number of hydrogen-bond acceptors (Lipinski definition) is 5. The Balaban J connectivity index is 2.21. The number of likely N-dealkylation sites (tertiary alicyclic amines) is 1. The second kappa shape index (κ2) is 4.44. The molecule has 1 amide bonds. The largest absolute Gasteiger partial charge is 0.475 e. The van der Waals surface area contributed by atoms with Gasteiger partial charge in [0.1, 0.15) is 5.69 Å². The Kier molecular flexibility index (Phi) is 2.99. The van der Waals surface area contributed by atoms with Gasteiger partial charge in [0.15, 0.2) is 5.69 Å². The zero-order valence-electron chi connectivity index (χ0n) is 9.18. The Bertz CT molecular complexity index is 448. The van der Waals surface area contributed by atoms with Gasteiger partial charge in [0, 0.05) is 13.1 Å². The molecule has 2 heterocycles. The molecule has 1 aliphatic heterocycles. The lowest BCUT2D eigenvalue weighted by molar-refractivity contribution is 0.0647. The molecule has 0 unspecified atom stereocenters. The number of hydrogen-bond donors (Lipinski definition) is 2. The average Bonchev–Trinajstić information content (AvgIpc) is 2.71. The molecule has 0 bridgehead atoms. The van der Waals surface area contributed by atoms with Crippen molar-refractivity contribution >= 4 is 17.6 Å². The van der Waals surface area contributed by atoms with E-state index in [1.54, 1.807) is 4.90 Å². The predicted molar refractivity (Wildman–Crippen MR) is 57.6 cm³/mol. The van der Waals surface area contributed by atoms with Gasteiger partial charge in [-0.25, -0.2) is 4.79 Å². The standard InChI is InChI=1S/C10H13N3O4/c11-6-7(12-17-8(6)10(15)16)9(14)13-4-2-1-3-5-13/h1-5,11H2,(H,15,16). The first kappa shape index (κ1) is 11.4. The van der Waals surface area contributed by atoms with Crippen LogP contribution >= 0.6 is 0 Å². The van der Waals surface area contributed by atoms with E-state index >= 15 is 0 Å². The zero-order valence-corrected chi connectivity index (χ0v) is 9.18. The van der Waals surface area contributed by atoms with Crippen LogP contribution in [0, 0.1) is 0 Å². The van der Waals surface area contributed by atoms with Crippen molar-refractivity contribution in [3.8, 4) is 0 Å². The highest BCUT2D eigenvalue weighted by atomic mass is 16.5. The molecular formula is C10H13N3O4. The molecule has 1 aromatic rings. The van der Waals surface area contributed by atoms with Crippen LogP contribution in [0.25, 0.3) is 0 Å². The number of amides is 1. The number of nitrogens with zero attached hydrogens (tertiary/aromatic N) is 2. The summed E-state index contributed by atoms with van der Waals surface area (Å²) in [6, 6.07) is 0. The minimum atomic E-state index is -1.33. The third-order valence-electron chi connectivity index (χ3n) is 2.77. The Morgan fingerprint density at radius 3 is 2.47 bits per heavy atom. The lowest BCUT2D eigenvalue weighted by Crippen LogP contribution is -2.36. The highest BCUT2D eigenvalue weighted by molar-refractivity contribution is 6.02. The van der Waals surface area contributed by atoms with Crippen LogP contribution in [-0.2, 0) is 0 Å². The first-order valence-corrected chi connectivity index (χ1v) is 5.39. The van der Waals surface area contributed by atoms with Gasteiger partial charge in [-0.2, -0.15) is 0 Å². The van der Waals surface area contributed by atoms with Crippen LogP contribution in [0.15, 0.2) is 4.52 Å². The molecule has 3 N–H and O–H groups in total. The van der Waals surface area contributed by atoms with Crippen molar-refractivity contribution in [3.63, 3.8) is 0 Å². The maximum atomic E-state index is 12.0. The van der Waals surface area contributed by atoms with Crippen molar-refractivity contribution in [2.24, 2.45) is 0 Å². The highest BCUT2D eigenvalue weighted by Crippen LogP contribution is 2.20. The lowest BCUT2D eigenvalue weighted by atomic mass is 10.1. The van der Waals surface area contributed by atoms with E-state index in [2.05, 4.69) is 9.68 Å². The van der Waals surface area contributed by atoms with Crippen LogP contribution < -0.4 is 5.73 Å². The second-order valence-corrected chi connectivity index (χ2v) is 3.93. The van der Waals surface area contributed by atoms with Crippen molar-refractivity contribution in [1.29, 1.82) is 0 Å². The monoisotopic (exact) mass is 239 g/mol. The fourth-order valence-electron chi connectivity index (χ4n) is 1.85. The number of carbonyl (C=O) groups is 2. The van der Waals surface area contributed by atoms with Gasteiger partial charge in [-0.05, 0) is 19.3 Å². The minimum Gasteiger partial charge on any atom is -0.475 e. The van der Waals surface area contributed by atoms with Crippen molar-refractivity contribution in [2.45, 2.75) is 19.3 Å². The van der Waals surface area contributed by atoms with E-state index in [-0.39, 0.29) is 17.3 Å². The van der Waals surface area contributed by atoms with E-state index in [0.29, 0.717) is 13.1 Å². The predicted octanol–water partition coefficient (Wildman–Crippen LogP) is 0.581. The maximum absolute atomic E-state index is 12.0. The number of piperidine rings is 1. The molecule has 1 aliphatic rings. The summed E-state index contributed by atoms with van der Waals surface area (Å²) in [7, 11) is 0. The number of nitrogen functional groups attached to an aromatic ring is 1. The van der Waals surface area contributed by atoms with Gasteiger partial charge in [-0.3, -0.25) is 4.79 Å². The molecule has 0 aromatic carbocycles. The third-order valence-corrected chi connectivity index (χ3v) is 2.77. The van der Waals surface area contributed by atoms with Crippen LogP contribution in [0.3, 0.4) is 0 Å². The number of carbonyl (C=O) groups excluding carboxylic acids is 1. The Labute approximate surface area is 97.2 Å². The normalized spacial score (nSPS) is 15.9. The third kappa shape index (κ3) is 2.08. The van der Waals surface area contributed by atoms with Crippen LogP contribution in [-0.4, -0.2) is 40.1 Å². The Morgan fingerprint density at radius 1 is 1.29 bits per heavy atom. The molecule has 92 valence electrons. The Hall–Kier alpha value is -2.05. The van der Waals surface area contributed by atoms with Crippen LogP contribution in [0.1, 0.15) is 40.3 Å². The van der Waals surface area contributed by atoms with E-state index in [1.165, 1.54) is 0 Å². The fraction of sp³-hybridized carbons (Fsp3) is 0.500. The quantitative estimate of drug-likeness (QED) is 0.781. The van der Waals surface area contributed by atoms with Crippen molar-refractivity contribution in [1.82, 2.24) is 10.1 Å². The summed E-state index contributed by atoms with van der Waals surface area (Å²) in [6.45, 7) is 1.29. The topological polar surface area (TPSA) is 110 Å². The first-order valence-electron chi connectivity index (χ1n) is 5.39. The van der Waals surface area contributed by atoms with Gasteiger partial charge >= 0.3 is 5.97 Å². The number of nitrogens with two attached hydrogens (primary N) is 1. The molecule has 1 saturated heterocycles. The van der Waals surface area contributed by atoms with Gasteiger partial charge in [-0.15, -0.1) is 0 Å². The zero-order chi connectivity index (χ0) is 12.4. The van der Waals surface area contributed by atoms with Crippen LogP contribution in [0.2, 0.25) is 0 Å². The van der Waals surface area contributed by atoms with Gasteiger partial charge in [0.25, 0.3) is 11.7 Å². The summed E-state index contributed by atoms with van der Waals surface area (Å²) < 4.78 is 4.55. The first-order chi connectivity index (χ1) is 8.11. The second-order valence-electron chi connectivity index (χ2n) is 3.93. The highest BCUT2D eigenvalue weighted by Gasteiger charge is 2.27. The molecule has 0 atom stereocenters.